The van der Waals surface area contributed by atoms with Crippen LogP contribution in [-0.4, -0.2) is 81.2 Å². The van der Waals surface area contributed by atoms with E-state index in [1.807, 2.05) is 5.32 Å². The minimum Gasteiger partial charge on any atom is -0.481 e. The zero-order valence-electron chi connectivity index (χ0n) is 18.7. The number of carbonyl (C=O) groups is 6. The maximum atomic E-state index is 12.9. The Labute approximate surface area is 190 Å². The maximum absolute atomic E-state index is 12.9. The van der Waals surface area contributed by atoms with Gasteiger partial charge in [0.15, 0.2) is 0 Å². The topological polar surface area (TPSA) is 251 Å². The molecule has 0 heterocycles. The van der Waals surface area contributed by atoms with Gasteiger partial charge in [0.1, 0.15) is 24.2 Å². The van der Waals surface area contributed by atoms with Gasteiger partial charge in [-0.1, -0.05) is 20.3 Å². The van der Waals surface area contributed by atoms with E-state index >= 15 is 0 Å². The predicted molar refractivity (Wildman–Crippen MR) is 113 cm³/mol. The van der Waals surface area contributed by atoms with Gasteiger partial charge in [-0.3, -0.25) is 24.0 Å². The molecule has 0 fully saturated rings. The van der Waals surface area contributed by atoms with Crippen molar-refractivity contribution >= 4 is 35.6 Å². The fraction of sp³-hybridized carbons (Fsp3) is 0.684. The van der Waals surface area contributed by atoms with Crippen molar-refractivity contribution in [3.63, 3.8) is 0 Å². The maximum Gasteiger partial charge on any atom is 0.326 e. The molecule has 0 saturated carbocycles. The molecular weight excluding hydrogens is 442 g/mol. The van der Waals surface area contributed by atoms with Crippen LogP contribution in [0.15, 0.2) is 0 Å². The van der Waals surface area contributed by atoms with Crippen molar-refractivity contribution in [3.05, 3.63) is 0 Å². The summed E-state index contributed by atoms with van der Waals surface area (Å²) < 4.78 is 0. The van der Waals surface area contributed by atoms with Gasteiger partial charge in [0, 0.05) is 6.42 Å². The second kappa shape index (κ2) is 14.0. The first kappa shape index (κ1) is 29.7. The summed E-state index contributed by atoms with van der Waals surface area (Å²) in [7, 11) is 0. The Hall–Kier alpha value is -3.26. The van der Waals surface area contributed by atoms with Crippen molar-refractivity contribution in [1.82, 2.24) is 16.0 Å². The van der Waals surface area contributed by atoms with Crippen molar-refractivity contribution in [1.29, 1.82) is 0 Å². The normalized spacial score (nSPS) is 16.3. The van der Waals surface area contributed by atoms with Crippen LogP contribution < -0.4 is 27.4 Å². The number of aliphatic carboxylic acids is 2. The number of hydrogen-bond acceptors (Lipinski definition) is 8. The Morgan fingerprint density at radius 2 is 1.42 bits per heavy atom. The molecule has 0 rings (SSSR count). The minimum atomic E-state index is -1.69. The Balaban J connectivity index is 5.66. The number of carbonyl (C=O) groups excluding carboxylic acids is 4. The van der Waals surface area contributed by atoms with Crippen LogP contribution in [0, 0.1) is 5.92 Å². The smallest absolute Gasteiger partial charge is 0.326 e. The molecule has 10 N–H and O–H groups in total. The van der Waals surface area contributed by atoms with E-state index in [1.54, 1.807) is 13.8 Å². The molecule has 0 aromatic carbocycles. The lowest BCUT2D eigenvalue weighted by molar-refractivity contribution is -0.144. The molecule has 188 valence electrons. The summed E-state index contributed by atoms with van der Waals surface area (Å²) in [5.74, 6) is -6.98. The molecule has 0 aromatic rings. The van der Waals surface area contributed by atoms with Crippen molar-refractivity contribution in [3.8, 4) is 0 Å². The van der Waals surface area contributed by atoms with Crippen LogP contribution in [-0.2, 0) is 28.8 Å². The van der Waals surface area contributed by atoms with E-state index in [0.717, 1.165) is 0 Å². The molecule has 14 heteroatoms. The third-order valence-corrected chi connectivity index (χ3v) is 4.92. The Bertz CT molecular complexity index is 743. The lowest BCUT2D eigenvalue weighted by Crippen LogP contribution is -2.59. The van der Waals surface area contributed by atoms with Gasteiger partial charge in [0.2, 0.25) is 23.6 Å². The van der Waals surface area contributed by atoms with Crippen molar-refractivity contribution in [2.24, 2.45) is 17.4 Å². The summed E-state index contributed by atoms with van der Waals surface area (Å²) in [6.45, 7) is 4.67. The van der Waals surface area contributed by atoms with Crippen molar-refractivity contribution in [2.45, 2.75) is 76.7 Å². The summed E-state index contributed by atoms with van der Waals surface area (Å²) in [5.41, 5.74) is 10.6. The highest BCUT2D eigenvalue weighted by Gasteiger charge is 2.33. The van der Waals surface area contributed by atoms with Crippen LogP contribution in [0.3, 0.4) is 0 Å². The molecule has 6 unspecified atom stereocenters. The summed E-state index contributed by atoms with van der Waals surface area (Å²) in [6.07, 6.45) is -2.43. The lowest BCUT2D eigenvalue weighted by atomic mass is 9.96. The van der Waals surface area contributed by atoms with E-state index in [4.69, 9.17) is 21.7 Å². The number of carboxylic acid groups (broad SMARTS) is 2. The third-order valence-electron chi connectivity index (χ3n) is 4.92. The van der Waals surface area contributed by atoms with Gasteiger partial charge >= 0.3 is 11.9 Å². The molecule has 0 radical (unpaired) electrons. The number of nitrogens with one attached hydrogen (secondary N) is 3. The quantitative estimate of drug-likeness (QED) is 0.119. The number of nitrogens with two attached hydrogens (primary N) is 2. The van der Waals surface area contributed by atoms with E-state index < -0.39 is 91.0 Å². The largest absolute Gasteiger partial charge is 0.481 e. The van der Waals surface area contributed by atoms with E-state index in [1.165, 1.54) is 6.92 Å². The van der Waals surface area contributed by atoms with Crippen LogP contribution in [0.5, 0.6) is 0 Å². The number of amides is 4. The van der Waals surface area contributed by atoms with Gasteiger partial charge in [-0.2, -0.15) is 0 Å². The Kier molecular flexibility index (Phi) is 12.6. The second-order valence-corrected chi connectivity index (χ2v) is 7.70. The van der Waals surface area contributed by atoms with Gasteiger partial charge in [-0.05, 0) is 19.3 Å². The van der Waals surface area contributed by atoms with Gasteiger partial charge < -0.3 is 42.7 Å². The third kappa shape index (κ3) is 10.7. The monoisotopic (exact) mass is 475 g/mol. The molecule has 0 bridgehead atoms. The van der Waals surface area contributed by atoms with Crippen molar-refractivity contribution < 1.29 is 44.1 Å². The van der Waals surface area contributed by atoms with E-state index in [2.05, 4.69) is 10.6 Å². The SMILES string of the molecule is CCC(C)C(NC(=O)C(N)C(C)O)C(=O)NC(CCC(=O)O)C(=O)NC(CC(N)=O)C(=O)O. The van der Waals surface area contributed by atoms with Crippen LogP contribution >= 0.6 is 0 Å². The molecular formula is C19H33N5O9. The second-order valence-electron chi connectivity index (χ2n) is 7.70. The zero-order valence-corrected chi connectivity index (χ0v) is 18.7. The molecule has 4 amide bonds. The van der Waals surface area contributed by atoms with E-state index in [-0.39, 0.29) is 0 Å². The molecule has 0 aliphatic heterocycles. The highest BCUT2D eigenvalue weighted by Crippen LogP contribution is 2.10. The van der Waals surface area contributed by atoms with Crippen LogP contribution in [0.25, 0.3) is 0 Å². The first-order valence-corrected chi connectivity index (χ1v) is 10.3. The number of hydrogen-bond donors (Lipinski definition) is 8. The highest BCUT2D eigenvalue weighted by atomic mass is 16.4. The Morgan fingerprint density at radius 3 is 1.85 bits per heavy atom. The average Bonchev–Trinajstić information content (AvgIpc) is 2.71. The van der Waals surface area contributed by atoms with E-state index in [0.29, 0.717) is 6.42 Å². The summed E-state index contributed by atoms with van der Waals surface area (Å²) in [6, 6.07) is -5.68. The molecule has 0 saturated heterocycles. The highest BCUT2D eigenvalue weighted by molar-refractivity contribution is 5.95. The fourth-order valence-corrected chi connectivity index (χ4v) is 2.64. The number of aliphatic hydroxyl groups excluding tert-OH is 1. The van der Waals surface area contributed by atoms with Gasteiger partial charge in [-0.15, -0.1) is 0 Å². The van der Waals surface area contributed by atoms with Gasteiger partial charge in [0.25, 0.3) is 0 Å². The predicted octanol–water partition coefficient (Wildman–Crippen LogP) is -2.98. The van der Waals surface area contributed by atoms with E-state index in [9.17, 15) is 33.9 Å². The first-order chi connectivity index (χ1) is 15.2. The Morgan fingerprint density at radius 1 is 0.879 bits per heavy atom. The minimum absolute atomic E-state index is 0.399. The number of rotatable bonds is 15. The van der Waals surface area contributed by atoms with Crippen LogP contribution in [0.4, 0.5) is 0 Å². The van der Waals surface area contributed by atoms with Gasteiger partial charge in [-0.25, -0.2) is 4.79 Å². The van der Waals surface area contributed by atoms with Crippen molar-refractivity contribution in [2.75, 3.05) is 0 Å². The molecule has 0 aromatic heterocycles. The van der Waals surface area contributed by atoms with Gasteiger partial charge in [0.05, 0.1) is 12.5 Å². The average molecular weight is 475 g/mol. The zero-order chi connectivity index (χ0) is 25.9. The fourth-order valence-electron chi connectivity index (χ4n) is 2.64. The van der Waals surface area contributed by atoms with Crippen LogP contribution in [0.2, 0.25) is 0 Å². The molecule has 6 atom stereocenters. The summed E-state index contributed by atoms with van der Waals surface area (Å²) in [4.78, 5) is 71.0. The molecule has 33 heavy (non-hydrogen) atoms. The molecule has 0 spiro atoms. The van der Waals surface area contributed by atoms with Crippen LogP contribution in [0.1, 0.15) is 46.5 Å². The molecule has 14 nitrogen and oxygen atoms in total. The first-order valence-electron chi connectivity index (χ1n) is 10.3. The molecule has 0 aliphatic rings. The number of aliphatic hydroxyl groups is 1. The summed E-state index contributed by atoms with van der Waals surface area (Å²) in [5, 5.41) is 34.4. The summed E-state index contributed by atoms with van der Waals surface area (Å²) >= 11 is 0. The number of carboxylic acids is 2. The number of primary amides is 1. The lowest BCUT2D eigenvalue weighted by Gasteiger charge is -2.28. The molecule has 0 aliphatic carbocycles. The standard InChI is InChI=1S/C19H33N5O9/c1-4-8(2)15(24-17(30)14(21)9(3)25)18(31)22-10(5-6-13(27)28)16(29)23-11(19(32)33)7-12(20)26/h8-11,14-15,25H,4-7,21H2,1-3H3,(H2,20,26)(H,22,31)(H,23,29)(H,24,30)(H,27,28)(H,32,33).